The topological polar surface area (TPSA) is 96.3 Å². The Kier molecular flexibility index (Phi) is 5.56. The largest absolute Gasteiger partial charge is 0.488 e. The molecule has 0 bridgehead atoms. The molecule has 0 heterocycles. The number of nitrogens with zero attached hydrogens (tertiary/aromatic N) is 1. The zero-order valence-corrected chi connectivity index (χ0v) is 13.3. The van der Waals surface area contributed by atoms with Crippen molar-refractivity contribution in [3.8, 4) is 0 Å². The van der Waals surface area contributed by atoms with Crippen LogP contribution in [0, 0.1) is 0 Å². The average molecular weight is 309 g/mol. The molecule has 0 saturated heterocycles. The minimum absolute atomic E-state index is 0.0632. The maximum atomic E-state index is 12.1. The lowest BCUT2D eigenvalue weighted by molar-refractivity contribution is 0.0580. The van der Waals surface area contributed by atoms with Crippen molar-refractivity contribution in [2.75, 3.05) is 19.1 Å². The molecule has 0 aliphatic carbocycles. The normalized spacial score (nSPS) is 10.9. The monoisotopic (exact) mass is 309 g/mol. The zero-order valence-electron chi connectivity index (χ0n) is 13.3. The predicted octanol–water partition coefficient (Wildman–Crippen LogP) is 0.524. The van der Waals surface area contributed by atoms with E-state index in [1.165, 1.54) is 37.3 Å². The molecule has 0 fully saturated rings. The van der Waals surface area contributed by atoms with Gasteiger partial charge in [0.1, 0.15) is 5.60 Å². The molecular formula is C14H20BNO6. The first-order valence-corrected chi connectivity index (χ1v) is 6.61. The van der Waals surface area contributed by atoms with E-state index in [4.69, 9.17) is 4.74 Å². The van der Waals surface area contributed by atoms with Crippen LogP contribution < -0.4 is 10.4 Å². The van der Waals surface area contributed by atoms with Crippen molar-refractivity contribution in [1.29, 1.82) is 0 Å². The van der Waals surface area contributed by atoms with Crippen molar-refractivity contribution in [3.05, 3.63) is 23.8 Å². The number of esters is 1. The molecule has 0 spiro atoms. The first-order valence-electron chi connectivity index (χ1n) is 6.61. The van der Waals surface area contributed by atoms with Gasteiger partial charge in [-0.3, -0.25) is 4.90 Å². The number of benzene rings is 1. The third-order valence-electron chi connectivity index (χ3n) is 2.71. The van der Waals surface area contributed by atoms with Gasteiger partial charge in [-0.15, -0.1) is 0 Å². The van der Waals surface area contributed by atoms with Crippen molar-refractivity contribution in [1.82, 2.24) is 0 Å². The predicted molar refractivity (Wildman–Crippen MR) is 82.2 cm³/mol. The van der Waals surface area contributed by atoms with E-state index in [9.17, 15) is 19.6 Å². The van der Waals surface area contributed by atoms with Crippen LogP contribution in [0.4, 0.5) is 10.5 Å². The van der Waals surface area contributed by atoms with Gasteiger partial charge in [0, 0.05) is 12.7 Å². The van der Waals surface area contributed by atoms with Gasteiger partial charge in [0.25, 0.3) is 0 Å². The van der Waals surface area contributed by atoms with Crippen LogP contribution in [0.1, 0.15) is 31.1 Å². The summed E-state index contributed by atoms with van der Waals surface area (Å²) in [5.41, 5.74) is -0.239. The van der Waals surface area contributed by atoms with Gasteiger partial charge in [-0.1, -0.05) is 0 Å². The summed E-state index contributed by atoms with van der Waals surface area (Å²) in [4.78, 5) is 24.9. The molecule has 120 valence electrons. The van der Waals surface area contributed by atoms with Gasteiger partial charge in [-0.05, 0) is 44.4 Å². The van der Waals surface area contributed by atoms with E-state index in [1.54, 1.807) is 20.8 Å². The smallest absolute Gasteiger partial charge is 0.465 e. The Labute approximate surface area is 129 Å². The minimum Gasteiger partial charge on any atom is -0.465 e. The number of carbonyl (C=O) groups excluding carboxylic acids is 2. The number of carbonyl (C=O) groups is 2. The number of methoxy groups -OCH3 is 1. The van der Waals surface area contributed by atoms with Gasteiger partial charge in [0.2, 0.25) is 0 Å². The molecule has 1 aromatic rings. The second-order valence-electron chi connectivity index (χ2n) is 5.72. The summed E-state index contributed by atoms with van der Waals surface area (Å²) in [5.74, 6) is -0.652. The number of amides is 1. The molecule has 1 amide bonds. The second kappa shape index (κ2) is 6.80. The van der Waals surface area contributed by atoms with Crippen molar-refractivity contribution in [2.24, 2.45) is 0 Å². The Morgan fingerprint density at radius 3 is 2.23 bits per heavy atom. The standard InChI is InChI=1S/C14H20BNO6/c1-14(2,3)22-13(18)16(4)11-7-9(12(17)21-5)6-10(8-11)15(19)20/h6-8,19-20H,1-5H3. The van der Waals surface area contributed by atoms with E-state index in [1.807, 2.05) is 0 Å². The van der Waals surface area contributed by atoms with Crippen molar-refractivity contribution >= 4 is 30.3 Å². The fourth-order valence-corrected chi connectivity index (χ4v) is 1.65. The Morgan fingerprint density at radius 1 is 1.18 bits per heavy atom. The zero-order chi connectivity index (χ0) is 17.1. The van der Waals surface area contributed by atoms with E-state index in [-0.39, 0.29) is 16.7 Å². The first kappa shape index (κ1) is 18.0. The summed E-state index contributed by atoms with van der Waals surface area (Å²) in [7, 11) is 0.884. The first-order chi connectivity index (χ1) is 10.0. The molecule has 0 unspecified atom stereocenters. The van der Waals surface area contributed by atoms with Gasteiger partial charge in [0.05, 0.1) is 12.7 Å². The Morgan fingerprint density at radius 2 is 1.77 bits per heavy atom. The number of hydrogen-bond donors (Lipinski definition) is 2. The Balaban J connectivity index is 3.19. The Bertz CT molecular complexity index is 567. The maximum Gasteiger partial charge on any atom is 0.488 e. The van der Waals surface area contributed by atoms with Crippen LogP contribution in [-0.4, -0.2) is 49.0 Å². The lowest BCUT2D eigenvalue weighted by Gasteiger charge is -2.25. The molecule has 1 rings (SSSR count). The van der Waals surface area contributed by atoms with Crippen LogP contribution in [-0.2, 0) is 9.47 Å². The molecule has 0 aliphatic heterocycles. The van der Waals surface area contributed by atoms with Crippen LogP contribution >= 0.6 is 0 Å². The highest BCUT2D eigenvalue weighted by molar-refractivity contribution is 6.58. The number of rotatable bonds is 3. The summed E-state index contributed by atoms with van der Waals surface area (Å²) in [6, 6.07) is 4.06. The third-order valence-corrected chi connectivity index (χ3v) is 2.71. The number of hydrogen-bond acceptors (Lipinski definition) is 6. The Hall–Kier alpha value is -2.06. The number of anilines is 1. The molecule has 0 atom stereocenters. The van der Waals surface area contributed by atoms with Crippen LogP contribution in [0.25, 0.3) is 0 Å². The van der Waals surface area contributed by atoms with Gasteiger partial charge in [0.15, 0.2) is 0 Å². The van der Waals surface area contributed by atoms with E-state index in [2.05, 4.69) is 4.74 Å². The summed E-state index contributed by atoms with van der Waals surface area (Å²) in [6.45, 7) is 5.19. The average Bonchev–Trinajstić information content (AvgIpc) is 2.43. The van der Waals surface area contributed by atoms with E-state index in [0.29, 0.717) is 0 Å². The van der Waals surface area contributed by atoms with Gasteiger partial charge >= 0.3 is 19.2 Å². The highest BCUT2D eigenvalue weighted by Crippen LogP contribution is 2.18. The van der Waals surface area contributed by atoms with Gasteiger partial charge in [-0.25, -0.2) is 9.59 Å². The fraction of sp³-hybridized carbons (Fsp3) is 0.429. The van der Waals surface area contributed by atoms with Gasteiger partial charge in [-0.2, -0.15) is 0 Å². The fourth-order valence-electron chi connectivity index (χ4n) is 1.65. The molecule has 2 N–H and O–H groups in total. The SMILES string of the molecule is COC(=O)c1cc(B(O)O)cc(N(C)C(=O)OC(C)(C)C)c1. The maximum absolute atomic E-state index is 12.1. The number of ether oxygens (including phenoxy) is 2. The summed E-state index contributed by atoms with van der Waals surface area (Å²) >= 11 is 0. The van der Waals surface area contributed by atoms with E-state index in [0.717, 1.165) is 0 Å². The molecule has 22 heavy (non-hydrogen) atoms. The quantitative estimate of drug-likeness (QED) is 0.624. The highest BCUT2D eigenvalue weighted by atomic mass is 16.6. The molecule has 8 heteroatoms. The highest BCUT2D eigenvalue weighted by Gasteiger charge is 2.23. The molecular weight excluding hydrogens is 289 g/mol. The van der Waals surface area contributed by atoms with E-state index < -0.39 is 24.8 Å². The van der Waals surface area contributed by atoms with Crippen molar-refractivity contribution in [3.63, 3.8) is 0 Å². The molecule has 0 saturated carbocycles. The molecule has 0 radical (unpaired) electrons. The summed E-state index contributed by atoms with van der Waals surface area (Å²) in [6.07, 6.45) is -0.632. The van der Waals surface area contributed by atoms with Crippen LogP contribution in [0.2, 0.25) is 0 Å². The lowest BCUT2D eigenvalue weighted by Crippen LogP contribution is -2.36. The van der Waals surface area contributed by atoms with Crippen LogP contribution in [0.15, 0.2) is 18.2 Å². The molecule has 7 nitrogen and oxygen atoms in total. The van der Waals surface area contributed by atoms with Crippen molar-refractivity contribution in [2.45, 2.75) is 26.4 Å². The lowest BCUT2D eigenvalue weighted by atomic mass is 9.79. The summed E-state index contributed by atoms with van der Waals surface area (Å²) in [5, 5.41) is 18.6. The molecule has 0 aromatic heterocycles. The molecule has 1 aromatic carbocycles. The van der Waals surface area contributed by atoms with Crippen molar-refractivity contribution < 1.29 is 29.1 Å². The van der Waals surface area contributed by atoms with Gasteiger partial charge < -0.3 is 19.5 Å². The van der Waals surface area contributed by atoms with E-state index >= 15 is 0 Å². The van der Waals surface area contributed by atoms with Crippen LogP contribution in [0.3, 0.4) is 0 Å². The minimum atomic E-state index is -1.78. The second-order valence-corrected chi connectivity index (χ2v) is 5.72. The van der Waals surface area contributed by atoms with Crippen LogP contribution in [0.5, 0.6) is 0 Å². The summed E-state index contributed by atoms with van der Waals surface area (Å²) < 4.78 is 9.84. The third kappa shape index (κ3) is 4.75. The molecule has 0 aliphatic rings.